The van der Waals surface area contributed by atoms with E-state index in [0.717, 1.165) is 13.3 Å². The molecule has 148 valence electrons. The Morgan fingerprint density at radius 2 is 1.96 bits per heavy atom. The molecular formula is C18H19N3O6S. The first-order chi connectivity index (χ1) is 13.3. The number of amides is 2. The molecule has 1 saturated heterocycles. The molecule has 2 amide bonds. The first-order valence-corrected chi connectivity index (χ1v) is 9.97. The van der Waals surface area contributed by atoms with Crippen LogP contribution < -0.4 is 14.8 Å². The third-order valence-corrected chi connectivity index (χ3v) is 5.32. The van der Waals surface area contributed by atoms with E-state index in [2.05, 4.69) is 10.3 Å². The lowest BCUT2D eigenvalue weighted by Gasteiger charge is -2.12. The van der Waals surface area contributed by atoms with Crippen molar-refractivity contribution in [1.29, 1.82) is 0 Å². The molecule has 1 aromatic carbocycles. The summed E-state index contributed by atoms with van der Waals surface area (Å²) in [5, 5.41) is 2.67. The van der Waals surface area contributed by atoms with Crippen molar-refractivity contribution in [3.63, 3.8) is 0 Å². The summed E-state index contributed by atoms with van der Waals surface area (Å²) in [6.07, 6.45) is 2.17. The van der Waals surface area contributed by atoms with Crippen molar-refractivity contribution < 1.29 is 27.5 Å². The first kappa shape index (κ1) is 19.8. The van der Waals surface area contributed by atoms with Crippen LogP contribution in [0.1, 0.15) is 23.7 Å². The van der Waals surface area contributed by atoms with Crippen LogP contribution in [0.25, 0.3) is 0 Å². The van der Waals surface area contributed by atoms with Gasteiger partial charge in [-0.2, -0.15) is 0 Å². The highest BCUT2D eigenvalue weighted by atomic mass is 32.2. The van der Waals surface area contributed by atoms with E-state index in [1.807, 2.05) is 4.72 Å². The molecule has 0 aliphatic carbocycles. The van der Waals surface area contributed by atoms with Gasteiger partial charge in [0.25, 0.3) is 15.9 Å². The first-order valence-electron chi connectivity index (χ1n) is 8.49. The summed E-state index contributed by atoms with van der Waals surface area (Å²) in [6, 6.07) is 8.53. The number of benzene rings is 1. The van der Waals surface area contributed by atoms with E-state index < -0.39 is 21.8 Å². The standard InChI is InChI=1S/C18H19N3O6S/c1-12(22)21-28(24,25)16-4-2-14(3-5-16)20-18(23)13-6-8-19-17(10-13)27-15-7-9-26-11-15/h2-6,8,10,15H,7,9,11H2,1H3,(H,20,23)(H,21,22). The van der Waals surface area contributed by atoms with Gasteiger partial charge >= 0.3 is 0 Å². The van der Waals surface area contributed by atoms with Gasteiger partial charge in [-0.3, -0.25) is 9.59 Å². The molecule has 0 bridgehead atoms. The highest BCUT2D eigenvalue weighted by molar-refractivity contribution is 7.90. The van der Waals surface area contributed by atoms with Gasteiger partial charge in [0.2, 0.25) is 11.8 Å². The monoisotopic (exact) mass is 405 g/mol. The summed E-state index contributed by atoms with van der Waals surface area (Å²) < 4.78 is 36.7. The number of carbonyl (C=O) groups excluding carboxylic acids is 2. The van der Waals surface area contributed by atoms with Crippen molar-refractivity contribution in [2.24, 2.45) is 0 Å². The molecular weight excluding hydrogens is 386 g/mol. The largest absolute Gasteiger partial charge is 0.472 e. The predicted molar refractivity (Wildman–Crippen MR) is 99.5 cm³/mol. The van der Waals surface area contributed by atoms with Gasteiger partial charge in [0.15, 0.2) is 0 Å². The van der Waals surface area contributed by atoms with Crippen molar-refractivity contribution in [1.82, 2.24) is 9.71 Å². The zero-order valence-corrected chi connectivity index (χ0v) is 15.9. The van der Waals surface area contributed by atoms with Gasteiger partial charge in [-0.05, 0) is 30.3 Å². The lowest BCUT2D eigenvalue weighted by atomic mass is 10.2. The minimum absolute atomic E-state index is 0.0797. The maximum atomic E-state index is 12.4. The number of nitrogens with one attached hydrogen (secondary N) is 2. The lowest BCUT2D eigenvalue weighted by Crippen LogP contribution is -2.28. The molecule has 0 spiro atoms. The normalized spacial score (nSPS) is 16.4. The fourth-order valence-electron chi connectivity index (χ4n) is 2.56. The number of pyridine rings is 1. The summed E-state index contributed by atoms with van der Waals surface area (Å²) in [6.45, 7) is 2.24. The number of rotatable bonds is 6. The minimum atomic E-state index is -3.92. The third kappa shape index (κ3) is 5.05. The molecule has 9 nitrogen and oxygen atoms in total. The van der Waals surface area contributed by atoms with Gasteiger partial charge in [0, 0.05) is 36.9 Å². The number of nitrogens with zero attached hydrogens (tertiary/aromatic N) is 1. The number of hydrogen-bond donors (Lipinski definition) is 2. The van der Waals surface area contributed by atoms with Gasteiger partial charge in [-0.25, -0.2) is 18.1 Å². The van der Waals surface area contributed by atoms with Crippen molar-refractivity contribution in [3.05, 3.63) is 48.2 Å². The molecule has 3 rings (SSSR count). The minimum Gasteiger partial charge on any atom is -0.472 e. The maximum absolute atomic E-state index is 12.4. The van der Waals surface area contributed by atoms with Crippen LogP contribution in [0.5, 0.6) is 5.88 Å². The van der Waals surface area contributed by atoms with Crippen LogP contribution in [0.4, 0.5) is 5.69 Å². The zero-order valence-electron chi connectivity index (χ0n) is 15.0. The fraction of sp³-hybridized carbons (Fsp3) is 0.278. The topological polar surface area (TPSA) is 124 Å². The van der Waals surface area contributed by atoms with Crippen LogP contribution in [-0.4, -0.2) is 44.5 Å². The third-order valence-electron chi connectivity index (χ3n) is 3.87. The Morgan fingerprint density at radius 3 is 2.61 bits per heavy atom. The van der Waals surface area contributed by atoms with E-state index in [4.69, 9.17) is 9.47 Å². The second-order valence-electron chi connectivity index (χ2n) is 6.13. The number of hydrogen-bond acceptors (Lipinski definition) is 7. The molecule has 1 fully saturated rings. The highest BCUT2D eigenvalue weighted by Gasteiger charge is 2.19. The summed E-state index contributed by atoms with van der Waals surface area (Å²) in [5.74, 6) is -0.746. The van der Waals surface area contributed by atoms with Crippen LogP contribution in [0.2, 0.25) is 0 Å². The van der Waals surface area contributed by atoms with Crippen LogP contribution in [0.3, 0.4) is 0 Å². The summed E-state index contributed by atoms with van der Waals surface area (Å²) in [5.41, 5.74) is 0.745. The van der Waals surface area contributed by atoms with Crippen molar-refractivity contribution in [2.45, 2.75) is 24.3 Å². The number of carbonyl (C=O) groups is 2. The van der Waals surface area contributed by atoms with Gasteiger partial charge in [0.1, 0.15) is 6.10 Å². The molecule has 1 aliphatic heterocycles. The molecule has 2 heterocycles. The van der Waals surface area contributed by atoms with E-state index in [0.29, 0.717) is 30.3 Å². The average Bonchev–Trinajstić information content (AvgIpc) is 3.14. The number of sulfonamides is 1. The lowest BCUT2D eigenvalue weighted by molar-refractivity contribution is -0.117. The maximum Gasteiger partial charge on any atom is 0.264 e. The Labute approximate surface area is 162 Å². The van der Waals surface area contributed by atoms with E-state index in [1.165, 1.54) is 36.5 Å². The average molecular weight is 405 g/mol. The molecule has 28 heavy (non-hydrogen) atoms. The summed E-state index contributed by atoms with van der Waals surface area (Å²) in [7, 11) is -3.92. The Morgan fingerprint density at radius 1 is 1.21 bits per heavy atom. The molecule has 1 aromatic heterocycles. The molecule has 1 aliphatic rings. The second kappa shape index (κ2) is 8.36. The van der Waals surface area contributed by atoms with Crippen LogP contribution >= 0.6 is 0 Å². The Kier molecular flexibility index (Phi) is 5.90. The van der Waals surface area contributed by atoms with Gasteiger partial charge < -0.3 is 14.8 Å². The van der Waals surface area contributed by atoms with Gasteiger partial charge in [-0.15, -0.1) is 0 Å². The molecule has 1 unspecified atom stereocenters. The molecule has 1 atom stereocenters. The predicted octanol–water partition coefficient (Wildman–Crippen LogP) is 1.33. The molecule has 10 heteroatoms. The van der Waals surface area contributed by atoms with Gasteiger partial charge in [0.05, 0.1) is 18.1 Å². The molecule has 2 N–H and O–H groups in total. The second-order valence-corrected chi connectivity index (χ2v) is 7.81. The fourth-order valence-corrected chi connectivity index (χ4v) is 3.55. The zero-order chi connectivity index (χ0) is 20.1. The Bertz CT molecular complexity index is 969. The van der Waals surface area contributed by atoms with E-state index >= 15 is 0 Å². The van der Waals surface area contributed by atoms with Crippen LogP contribution in [0.15, 0.2) is 47.5 Å². The SMILES string of the molecule is CC(=O)NS(=O)(=O)c1ccc(NC(=O)c2ccnc(OC3CCOC3)c2)cc1. The van der Waals surface area contributed by atoms with Crippen molar-refractivity contribution >= 4 is 27.5 Å². The van der Waals surface area contributed by atoms with Crippen molar-refractivity contribution in [3.8, 4) is 5.88 Å². The van der Waals surface area contributed by atoms with E-state index in [1.54, 1.807) is 6.07 Å². The summed E-state index contributed by atoms with van der Waals surface area (Å²) >= 11 is 0. The Hall–Kier alpha value is -2.98. The number of anilines is 1. The van der Waals surface area contributed by atoms with E-state index in [-0.39, 0.29) is 11.0 Å². The van der Waals surface area contributed by atoms with Crippen molar-refractivity contribution in [2.75, 3.05) is 18.5 Å². The van der Waals surface area contributed by atoms with Crippen LogP contribution in [-0.2, 0) is 19.6 Å². The smallest absolute Gasteiger partial charge is 0.264 e. The molecule has 0 saturated carbocycles. The summed E-state index contributed by atoms with van der Waals surface area (Å²) in [4.78, 5) is 27.4. The number of ether oxygens (including phenoxy) is 2. The van der Waals surface area contributed by atoms with Gasteiger partial charge in [-0.1, -0.05) is 0 Å². The molecule has 0 radical (unpaired) electrons. The quantitative estimate of drug-likeness (QED) is 0.743. The highest BCUT2D eigenvalue weighted by Crippen LogP contribution is 2.18. The number of aromatic nitrogens is 1. The Balaban J connectivity index is 1.67. The molecule has 2 aromatic rings. The van der Waals surface area contributed by atoms with Crippen LogP contribution in [0, 0.1) is 0 Å². The van der Waals surface area contributed by atoms with E-state index in [9.17, 15) is 18.0 Å².